The fourth-order valence-corrected chi connectivity index (χ4v) is 2.06. The lowest BCUT2D eigenvalue weighted by Gasteiger charge is -2.12. The Morgan fingerprint density at radius 2 is 2.00 bits per heavy atom. The zero-order valence-corrected chi connectivity index (χ0v) is 14.8. The summed E-state index contributed by atoms with van der Waals surface area (Å²) in [4.78, 5) is 16.3. The van der Waals surface area contributed by atoms with Crippen LogP contribution in [0.15, 0.2) is 23.2 Å². The summed E-state index contributed by atoms with van der Waals surface area (Å²) < 4.78 is 15.0. The van der Waals surface area contributed by atoms with E-state index in [9.17, 15) is 4.79 Å². The van der Waals surface area contributed by atoms with E-state index >= 15 is 0 Å². The van der Waals surface area contributed by atoms with E-state index in [1.165, 1.54) is 14.2 Å². The molecule has 7 nitrogen and oxygen atoms in total. The Balaban J connectivity index is 2.79. The number of nitrogens with zero attached hydrogens (tertiary/aromatic N) is 1. The van der Waals surface area contributed by atoms with Gasteiger partial charge in [0.1, 0.15) is 11.3 Å². The van der Waals surface area contributed by atoms with Gasteiger partial charge in [-0.25, -0.2) is 9.79 Å². The Kier molecular flexibility index (Phi) is 9.29. The largest absolute Gasteiger partial charge is 0.496 e. The van der Waals surface area contributed by atoms with Gasteiger partial charge < -0.3 is 24.8 Å². The molecule has 0 heterocycles. The van der Waals surface area contributed by atoms with Gasteiger partial charge in [-0.2, -0.15) is 0 Å². The topological polar surface area (TPSA) is 81.2 Å². The Labute approximate surface area is 143 Å². The van der Waals surface area contributed by atoms with Gasteiger partial charge in [0.2, 0.25) is 0 Å². The van der Waals surface area contributed by atoms with Gasteiger partial charge in [0.15, 0.2) is 5.96 Å². The van der Waals surface area contributed by atoms with E-state index in [2.05, 4.69) is 15.6 Å². The molecule has 0 radical (unpaired) electrons. The summed E-state index contributed by atoms with van der Waals surface area (Å²) in [6.45, 7) is 4.69. The number of hydrogen-bond donors (Lipinski definition) is 2. The number of benzene rings is 1. The average molecular weight is 337 g/mol. The second kappa shape index (κ2) is 11.3. The molecule has 0 aliphatic carbocycles. The molecule has 2 N–H and O–H groups in total. The molecule has 0 spiro atoms. The maximum atomic E-state index is 11.8. The van der Waals surface area contributed by atoms with Crippen molar-refractivity contribution in [1.29, 1.82) is 0 Å². The van der Waals surface area contributed by atoms with Crippen LogP contribution < -0.4 is 15.4 Å². The molecule has 0 saturated carbocycles. The quantitative estimate of drug-likeness (QED) is 0.308. The third-order valence-electron chi connectivity index (χ3n) is 3.25. The zero-order chi connectivity index (χ0) is 17.8. The van der Waals surface area contributed by atoms with Crippen LogP contribution in [0.25, 0.3) is 0 Å². The second-order valence-corrected chi connectivity index (χ2v) is 4.99. The van der Waals surface area contributed by atoms with Gasteiger partial charge in [0.05, 0.1) is 20.8 Å². The van der Waals surface area contributed by atoms with Crippen LogP contribution in [0.1, 0.15) is 29.3 Å². The zero-order valence-electron chi connectivity index (χ0n) is 14.8. The summed E-state index contributed by atoms with van der Waals surface area (Å²) >= 11 is 0. The molecule has 1 aromatic carbocycles. The smallest absolute Gasteiger partial charge is 0.341 e. The van der Waals surface area contributed by atoms with Crippen molar-refractivity contribution in [3.05, 3.63) is 29.3 Å². The maximum Gasteiger partial charge on any atom is 0.341 e. The highest BCUT2D eigenvalue weighted by atomic mass is 16.5. The van der Waals surface area contributed by atoms with Gasteiger partial charge in [-0.15, -0.1) is 0 Å². The monoisotopic (exact) mass is 337 g/mol. The van der Waals surface area contributed by atoms with Crippen molar-refractivity contribution in [2.24, 2.45) is 4.99 Å². The molecule has 1 rings (SSSR count). The SMILES string of the molecule is CCNC(=NCc1ccc(OC)c(C(=O)OC)c1)NCCCOC. The lowest BCUT2D eigenvalue weighted by molar-refractivity contribution is 0.0597. The number of carbonyl (C=O) groups is 1. The third kappa shape index (κ3) is 6.45. The molecule has 0 aliphatic rings. The average Bonchev–Trinajstić information content (AvgIpc) is 2.62. The van der Waals surface area contributed by atoms with Gasteiger partial charge in [0.25, 0.3) is 0 Å². The maximum absolute atomic E-state index is 11.8. The van der Waals surface area contributed by atoms with Gasteiger partial charge in [-0.1, -0.05) is 6.07 Å². The molecule has 0 aromatic heterocycles. The predicted molar refractivity (Wildman–Crippen MR) is 93.6 cm³/mol. The molecule has 0 fully saturated rings. The molecule has 7 heteroatoms. The van der Waals surface area contributed by atoms with Crippen molar-refractivity contribution in [2.45, 2.75) is 19.9 Å². The van der Waals surface area contributed by atoms with Crippen molar-refractivity contribution in [3.63, 3.8) is 0 Å². The van der Waals surface area contributed by atoms with Crippen LogP contribution in [0.5, 0.6) is 5.75 Å². The molecule has 0 unspecified atom stereocenters. The van der Waals surface area contributed by atoms with Crippen LogP contribution in [0.2, 0.25) is 0 Å². The molecule has 0 bridgehead atoms. The Morgan fingerprint density at radius 1 is 1.21 bits per heavy atom. The van der Waals surface area contributed by atoms with Crippen molar-refractivity contribution in [2.75, 3.05) is 41.0 Å². The van der Waals surface area contributed by atoms with E-state index in [0.29, 0.717) is 24.5 Å². The van der Waals surface area contributed by atoms with Gasteiger partial charge >= 0.3 is 5.97 Å². The van der Waals surface area contributed by atoms with E-state index in [1.54, 1.807) is 19.2 Å². The fraction of sp³-hybridized carbons (Fsp3) is 0.529. The molecule has 24 heavy (non-hydrogen) atoms. The standard InChI is InChI=1S/C17H27N3O4/c1-5-18-17(19-9-6-10-22-2)20-12-13-7-8-15(23-3)14(11-13)16(21)24-4/h7-8,11H,5-6,9-10,12H2,1-4H3,(H2,18,19,20). The number of guanidine groups is 1. The van der Waals surface area contributed by atoms with Crippen molar-refractivity contribution < 1.29 is 19.0 Å². The molecule has 134 valence electrons. The van der Waals surface area contributed by atoms with E-state index in [4.69, 9.17) is 14.2 Å². The summed E-state index contributed by atoms with van der Waals surface area (Å²) in [5, 5.41) is 6.42. The van der Waals surface area contributed by atoms with E-state index in [1.807, 2.05) is 13.0 Å². The summed E-state index contributed by atoms with van der Waals surface area (Å²) in [6, 6.07) is 5.36. The van der Waals surface area contributed by atoms with Gasteiger partial charge in [-0.3, -0.25) is 0 Å². The molecule has 0 saturated heterocycles. The Hall–Kier alpha value is -2.28. The first kappa shape index (κ1) is 19.8. The number of rotatable bonds is 9. The minimum absolute atomic E-state index is 0.394. The van der Waals surface area contributed by atoms with Gasteiger partial charge in [0, 0.05) is 26.8 Å². The third-order valence-corrected chi connectivity index (χ3v) is 3.25. The van der Waals surface area contributed by atoms with Crippen LogP contribution in [0.3, 0.4) is 0 Å². The minimum Gasteiger partial charge on any atom is -0.496 e. The summed E-state index contributed by atoms with van der Waals surface area (Å²) in [5.74, 6) is 0.783. The number of carbonyl (C=O) groups excluding carboxylic acids is 1. The van der Waals surface area contributed by atoms with Crippen LogP contribution in [-0.4, -0.2) is 53.0 Å². The first-order valence-corrected chi connectivity index (χ1v) is 7.92. The molecular formula is C17H27N3O4. The summed E-state index contributed by atoms with van der Waals surface area (Å²) in [6.07, 6.45) is 0.899. The first-order chi connectivity index (χ1) is 11.7. The number of aliphatic imine (C=N–C) groups is 1. The van der Waals surface area contributed by atoms with Crippen LogP contribution >= 0.6 is 0 Å². The van der Waals surface area contributed by atoms with Crippen LogP contribution in [0.4, 0.5) is 0 Å². The Morgan fingerprint density at radius 3 is 2.62 bits per heavy atom. The summed E-state index contributed by atoms with van der Waals surface area (Å²) in [7, 11) is 4.55. The number of methoxy groups -OCH3 is 3. The van der Waals surface area contributed by atoms with Gasteiger partial charge in [-0.05, 0) is 31.0 Å². The molecule has 0 aliphatic heterocycles. The van der Waals surface area contributed by atoms with Crippen LogP contribution in [0, 0.1) is 0 Å². The summed E-state index contributed by atoms with van der Waals surface area (Å²) in [5.41, 5.74) is 1.29. The number of esters is 1. The van der Waals surface area contributed by atoms with E-state index < -0.39 is 5.97 Å². The van der Waals surface area contributed by atoms with Crippen molar-refractivity contribution in [3.8, 4) is 5.75 Å². The van der Waals surface area contributed by atoms with Crippen LogP contribution in [-0.2, 0) is 16.0 Å². The highest BCUT2D eigenvalue weighted by Gasteiger charge is 2.13. The predicted octanol–water partition coefficient (Wildman–Crippen LogP) is 1.57. The first-order valence-electron chi connectivity index (χ1n) is 7.92. The Bertz CT molecular complexity index is 547. The molecule has 1 aromatic rings. The fourth-order valence-electron chi connectivity index (χ4n) is 2.06. The lowest BCUT2D eigenvalue weighted by atomic mass is 10.1. The molecule has 0 amide bonds. The highest BCUT2D eigenvalue weighted by molar-refractivity contribution is 5.92. The number of hydrogen-bond acceptors (Lipinski definition) is 5. The minimum atomic E-state index is -0.428. The molecular weight excluding hydrogens is 310 g/mol. The number of nitrogens with one attached hydrogen (secondary N) is 2. The van der Waals surface area contributed by atoms with E-state index in [0.717, 1.165) is 31.0 Å². The van der Waals surface area contributed by atoms with Crippen molar-refractivity contribution >= 4 is 11.9 Å². The lowest BCUT2D eigenvalue weighted by Crippen LogP contribution is -2.38. The van der Waals surface area contributed by atoms with E-state index in [-0.39, 0.29) is 0 Å². The highest BCUT2D eigenvalue weighted by Crippen LogP contribution is 2.21. The normalized spacial score (nSPS) is 11.1. The van der Waals surface area contributed by atoms with Crippen molar-refractivity contribution in [1.82, 2.24) is 10.6 Å². The number of ether oxygens (including phenoxy) is 3. The molecule has 0 atom stereocenters. The second-order valence-electron chi connectivity index (χ2n) is 4.99.